The quantitative estimate of drug-likeness (QED) is 0.739. The molecule has 0 aliphatic carbocycles. The largest absolute Gasteiger partial charge is 0.496 e. The molecule has 3 aromatic rings. The third-order valence-electron chi connectivity index (χ3n) is 3.36. The van der Waals surface area contributed by atoms with E-state index in [2.05, 4.69) is 4.98 Å². The summed E-state index contributed by atoms with van der Waals surface area (Å²) < 4.78 is 11.3. The first kappa shape index (κ1) is 13.2. The van der Waals surface area contributed by atoms with Gasteiger partial charge in [0.15, 0.2) is 0 Å². The fraction of sp³-hybridized carbons (Fsp3) is 0.118. The van der Waals surface area contributed by atoms with E-state index in [1.807, 2.05) is 49.4 Å². The number of aromatic nitrogens is 1. The van der Waals surface area contributed by atoms with Crippen LogP contribution in [0.2, 0.25) is 0 Å². The average Bonchev–Trinajstić information content (AvgIpc) is 2.49. The lowest BCUT2D eigenvalue weighted by atomic mass is 10.1. The summed E-state index contributed by atoms with van der Waals surface area (Å²) in [7, 11) is 1.65. The second-order valence-electron chi connectivity index (χ2n) is 4.80. The van der Waals surface area contributed by atoms with Gasteiger partial charge in [-0.3, -0.25) is 0 Å². The molecule has 0 bridgehead atoms. The minimum Gasteiger partial charge on any atom is -0.496 e. The molecule has 1 aromatic heterocycles. The highest BCUT2D eigenvalue weighted by molar-refractivity contribution is 5.91. The number of nitrogen functional groups attached to an aromatic ring is 1. The van der Waals surface area contributed by atoms with Gasteiger partial charge in [0.05, 0.1) is 7.11 Å². The molecule has 0 saturated carbocycles. The van der Waals surface area contributed by atoms with Gasteiger partial charge < -0.3 is 15.2 Å². The summed E-state index contributed by atoms with van der Waals surface area (Å²) in [5.74, 6) is 2.10. The topological polar surface area (TPSA) is 57.4 Å². The molecule has 0 fully saturated rings. The van der Waals surface area contributed by atoms with Gasteiger partial charge in [-0.1, -0.05) is 6.07 Å². The molecule has 0 atom stereocenters. The molecule has 4 nitrogen and oxygen atoms in total. The highest BCUT2D eigenvalue weighted by atomic mass is 16.5. The second-order valence-corrected chi connectivity index (χ2v) is 4.80. The third kappa shape index (κ3) is 2.48. The van der Waals surface area contributed by atoms with Crippen LogP contribution in [0.25, 0.3) is 10.8 Å². The molecule has 3 rings (SSSR count). The molecule has 0 unspecified atom stereocenters. The number of aryl methyl sites for hydroxylation is 1. The summed E-state index contributed by atoms with van der Waals surface area (Å²) in [6.45, 7) is 1.96. The van der Waals surface area contributed by atoms with Crippen LogP contribution in [0.15, 0.2) is 48.7 Å². The number of ether oxygens (including phenoxy) is 2. The van der Waals surface area contributed by atoms with Gasteiger partial charge in [0.1, 0.15) is 11.5 Å². The Bertz CT molecular complexity index is 800. The van der Waals surface area contributed by atoms with Gasteiger partial charge in [-0.05, 0) is 48.9 Å². The standard InChI is InChI=1S/C17H16N2O2/c1-11-10-12(18)6-7-15(11)21-17-14-4-3-5-16(20-2)13(14)8-9-19-17/h3-10H,18H2,1-2H3. The molecule has 1 heterocycles. The molecule has 2 N–H and O–H groups in total. The summed E-state index contributed by atoms with van der Waals surface area (Å²) in [4.78, 5) is 4.33. The number of rotatable bonds is 3. The van der Waals surface area contributed by atoms with Crippen molar-refractivity contribution in [3.63, 3.8) is 0 Å². The zero-order valence-electron chi connectivity index (χ0n) is 12.0. The van der Waals surface area contributed by atoms with Crippen molar-refractivity contribution in [1.29, 1.82) is 0 Å². The molecule has 0 radical (unpaired) electrons. The van der Waals surface area contributed by atoms with Crippen molar-refractivity contribution < 1.29 is 9.47 Å². The predicted molar refractivity (Wildman–Crippen MR) is 84.0 cm³/mol. The summed E-state index contributed by atoms with van der Waals surface area (Å²) in [6.07, 6.45) is 1.72. The zero-order chi connectivity index (χ0) is 14.8. The second kappa shape index (κ2) is 5.32. The highest BCUT2D eigenvalue weighted by Gasteiger charge is 2.09. The van der Waals surface area contributed by atoms with Gasteiger partial charge in [-0.15, -0.1) is 0 Å². The van der Waals surface area contributed by atoms with Crippen molar-refractivity contribution in [3.05, 3.63) is 54.2 Å². The third-order valence-corrected chi connectivity index (χ3v) is 3.36. The first-order valence-electron chi connectivity index (χ1n) is 6.65. The lowest BCUT2D eigenvalue weighted by Crippen LogP contribution is -1.94. The number of benzene rings is 2. The highest BCUT2D eigenvalue weighted by Crippen LogP contribution is 2.33. The van der Waals surface area contributed by atoms with E-state index in [1.165, 1.54) is 0 Å². The SMILES string of the molecule is COc1cccc2c(Oc3ccc(N)cc3C)nccc12. The minimum atomic E-state index is 0.555. The summed E-state index contributed by atoms with van der Waals surface area (Å²) in [5.41, 5.74) is 7.45. The van der Waals surface area contributed by atoms with E-state index < -0.39 is 0 Å². The maximum Gasteiger partial charge on any atom is 0.227 e. The van der Waals surface area contributed by atoms with Gasteiger partial charge in [-0.2, -0.15) is 0 Å². The van der Waals surface area contributed by atoms with E-state index in [-0.39, 0.29) is 0 Å². The predicted octanol–water partition coefficient (Wildman–Crippen LogP) is 3.93. The Hall–Kier alpha value is -2.75. The van der Waals surface area contributed by atoms with Crippen LogP contribution in [-0.4, -0.2) is 12.1 Å². The number of hydrogen-bond acceptors (Lipinski definition) is 4. The maximum absolute atomic E-state index is 5.95. The fourth-order valence-corrected chi connectivity index (χ4v) is 2.30. The molecule has 0 amide bonds. The van der Waals surface area contributed by atoms with Gasteiger partial charge in [-0.25, -0.2) is 4.98 Å². The van der Waals surface area contributed by atoms with Crippen LogP contribution >= 0.6 is 0 Å². The van der Waals surface area contributed by atoms with Crippen LogP contribution in [-0.2, 0) is 0 Å². The number of nitrogens with two attached hydrogens (primary N) is 1. The normalized spacial score (nSPS) is 10.6. The number of methoxy groups -OCH3 is 1. The minimum absolute atomic E-state index is 0.555. The summed E-state index contributed by atoms with van der Waals surface area (Å²) in [5, 5.41) is 1.88. The number of anilines is 1. The van der Waals surface area contributed by atoms with Gasteiger partial charge in [0.2, 0.25) is 5.88 Å². The monoisotopic (exact) mass is 280 g/mol. The number of hydrogen-bond donors (Lipinski definition) is 1. The van der Waals surface area contributed by atoms with Crippen LogP contribution in [0.5, 0.6) is 17.4 Å². The maximum atomic E-state index is 5.95. The molecule has 0 aliphatic heterocycles. The Labute approximate surface area is 123 Å². The molecule has 21 heavy (non-hydrogen) atoms. The zero-order valence-corrected chi connectivity index (χ0v) is 12.0. The van der Waals surface area contributed by atoms with Crippen molar-refractivity contribution in [3.8, 4) is 17.4 Å². The molecule has 0 spiro atoms. The Balaban J connectivity index is 2.08. The first-order valence-corrected chi connectivity index (χ1v) is 6.65. The molecule has 0 aliphatic rings. The van der Waals surface area contributed by atoms with E-state index in [1.54, 1.807) is 13.3 Å². The van der Waals surface area contributed by atoms with E-state index in [9.17, 15) is 0 Å². The molecule has 106 valence electrons. The lowest BCUT2D eigenvalue weighted by Gasteiger charge is -2.11. The van der Waals surface area contributed by atoms with Gasteiger partial charge >= 0.3 is 0 Å². The Morgan fingerprint density at radius 1 is 1.00 bits per heavy atom. The number of nitrogens with zero attached hydrogens (tertiary/aromatic N) is 1. The van der Waals surface area contributed by atoms with Crippen molar-refractivity contribution in [1.82, 2.24) is 4.98 Å². The Morgan fingerprint density at radius 2 is 1.86 bits per heavy atom. The van der Waals surface area contributed by atoms with E-state index in [0.717, 1.165) is 27.8 Å². The van der Waals surface area contributed by atoms with Crippen LogP contribution < -0.4 is 15.2 Å². The molecule has 2 aromatic carbocycles. The molecule has 4 heteroatoms. The van der Waals surface area contributed by atoms with Crippen molar-refractivity contribution in [2.75, 3.05) is 12.8 Å². The molecular formula is C17H16N2O2. The van der Waals surface area contributed by atoms with E-state index in [4.69, 9.17) is 15.2 Å². The van der Waals surface area contributed by atoms with Gasteiger partial charge in [0, 0.05) is 22.7 Å². The lowest BCUT2D eigenvalue weighted by molar-refractivity contribution is 0.419. The van der Waals surface area contributed by atoms with Crippen LogP contribution in [0.3, 0.4) is 0 Å². The van der Waals surface area contributed by atoms with Crippen LogP contribution in [0.4, 0.5) is 5.69 Å². The summed E-state index contributed by atoms with van der Waals surface area (Å²) in [6, 6.07) is 13.3. The molecule has 0 saturated heterocycles. The first-order chi connectivity index (χ1) is 10.2. The smallest absolute Gasteiger partial charge is 0.227 e. The van der Waals surface area contributed by atoms with Crippen molar-refractivity contribution in [2.24, 2.45) is 0 Å². The van der Waals surface area contributed by atoms with Crippen LogP contribution in [0.1, 0.15) is 5.56 Å². The number of fused-ring (bicyclic) bond motifs is 1. The van der Waals surface area contributed by atoms with Crippen molar-refractivity contribution in [2.45, 2.75) is 6.92 Å². The van der Waals surface area contributed by atoms with Gasteiger partial charge in [0.25, 0.3) is 0 Å². The molecular weight excluding hydrogens is 264 g/mol. The fourth-order valence-electron chi connectivity index (χ4n) is 2.30. The Morgan fingerprint density at radius 3 is 2.62 bits per heavy atom. The van der Waals surface area contributed by atoms with Crippen molar-refractivity contribution >= 4 is 16.5 Å². The Kier molecular flexibility index (Phi) is 3.36. The van der Waals surface area contributed by atoms with Crippen LogP contribution in [0, 0.1) is 6.92 Å². The van der Waals surface area contributed by atoms with E-state index in [0.29, 0.717) is 11.6 Å². The average molecular weight is 280 g/mol. The number of pyridine rings is 1. The van der Waals surface area contributed by atoms with E-state index >= 15 is 0 Å². The summed E-state index contributed by atoms with van der Waals surface area (Å²) >= 11 is 0.